The van der Waals surface area contributed by atoms with Crippen LogP contribution in [0.2, 0.25) is 0 Å². The van der Waals surface area contributed by atoms with Crippen molar-refractivity contribution in [2.45, 2.75) is 12.3 Å². The average molecular weight is 287 g/mol. The average Bonchev–Trinajstić information content (AvgIpc) is 2.90. The summed E-state index contributed by atoms with van der Waals surface area (Å²) < 4.78 is 0. The molecule has 0 saturated heterocycles. The van der Waals surface area contributed by atoms with E-state index >= 15 is 0 Å². The number of nitrogens with zero attached hydrogens (tertiary/aromatic N) is 4. The summed E-state index contributed by atoms with van der Waals surface area (Å²) in [6, 6.07) is 8.19. The molecule has 1 aliphatic rings. The molecule has 20 heavy (non-hydrogen) atoms. The van der Waals surface area contributed by atoms with E-state index < -0.39 is 0 Å². The number of rotatable bonds is 3. The molecule has 0 saturated carbocycles. The molecule has 102 valence electrons. The van der Waals surface area contributed by atoms with E-state index in [2.05, 4.69) is 22.1 Å². The SMILES string of the molecule is CN(C)c1ncnc2c1N=C(c1ccc(CCl)cc1)C2. The normalized spacial score (nSPS) is 13.1. The van der Waals surface area contributed by atoms with Crippen molar-refractivity contribution in [2.75, 3.05) is 19.0 Å². The van der Waals surface area contributed by atoms with Gasteiger partial charge < -0.3 is 4.90 Å². The van der Waals surface area contributed by atoms with E-state index in [4.69, 9.17) is 16.6 Å². The number of alkyl halides is 1. The van der Waals surface area contributed by atoms with Crippen LogP contribution in [-0.4, -0.2) is 29.8 Å². The summed E-state index contributed by atoms with van der Waals surface area (Å²) in [5.41, 5.74) is 5.13. The highest BCUT2D eigenvalue weighted by atomic mass is 35.5. The van der Waals surface area contributed by atoms with E-state index in [-0.39, 0.29) is 0 Å². The fraction of sp³-hybridized carbons (Fsp3) is 0.267. The third-order valence-electron chi connectivity index (χ3n) is 3.33. The van der Waals surface area contributed by atoms with Crippen LogP contribution in [0.4, 0.5) is 11.5 Å². The molecular weight excluding hydrogens is 272 g/mol. The Hall–Kier alpha value is -1.94. The molecule has 0 atom stereocenters. The second-order valence-electron chi connectivity index (χ2n) is 4.95. The summed E-state index contributed by atoms with van der Waals surface area (Å²) >= 11 is 5.81. The number of hydrogen-bond donors (Lipinski definition) is 0. The first-order chi connectivity index (χ1) is 9.69. The molecule has 0 N–H and O–H groups in total. The Morgan fingerprint density at radius 2 is 1.90 bits per heavy atom. The van der Waals surface area contributed by atoms with Crippen LogP contribution < -0.4 is 4.90 Å². The molecule has 1 aromatic carbocycles. The molecule has 0 amide bonds. The van der Waals surface area contributed by atoms with Crippen LogP contribution in [0.1, 0.15) is 16.8 Å². The molecule has 0 bridgehead atoms. The van der Waals surface area contributed by atoms with Gasteiger partial charge in [-0.25, -0.2) is 15.0 Å². The Labute approximate surface area is 123 Å². The van der Waals surface area contributed by atoms with Crippen LogP contribution in [-0.2, 0) is 12.3 Å². The second kappa shape index (κ2) is 5.21. The molecule has 3 rings (SSSR count). The van der Waals surface area contributed by atoms with E-state index in [1.54, 1.807) is 6.33 Å². The third kappa shape index (κ3) is 2.27. The molecule has 1 aromatic heterocycles. The van der Waals surface area contributed by atoms with Crippen molar-refractivity contribution in [3.05, 3.63) is 47.4 Å². The molecule has 2 heterocycles. The monoisotopic (exact) mass is 286 g/mol. The van der Waals surface area contributed by atoms with Gasteiger partial charge in [0.2, 0.25) is 0 Å². The van der Waals surface area contributed by atoms with Gasteiger partial charge in [-0.15, -0.1) is 11.6 Å². The summed E-state index contributed by atoms with van der Waals surface area (Å²) in [5, 5.41) is 0. The lowest BCUT2D eigenvalue weighted by atomic mass is 10.1. The predicted molar refractivity (Wildman–Crippen MR) is 82.3 cm³/mol. The molecule has 0 unspecified atom stereocenters. The highest BCUT2D eigenvalue weighted by Gasteiger charge is 2.21. The van der Waals surface area contributed by atoms with Crippen molar-refractivity contribution in [3.8, 4) is 0 Å². The van der Waals surface area contributed by atoms with Crippen LogP contribution in [0.25, 0.3) is 0 Å². The lowest BCUT2D eigenvalue weighted by Gasteiger charge is -2.12. The van der Waals surface area contributed by atoms with Gasteiger partial charge in [0.05, 0.1) is 11.4 Å². The van der Waals surface area contributed by atoms with Crippen molar-refractivity contribution >= 4 is 28.8 Å². The molecule has 1 aliphatic heterocycles. The maximum absolute atomic E-state index is 5.81. The molecule has 0 radical (unpaired) electrons. The summed E-state index contributed by atoms with van der Waals surface area (Å²) in [5.74, 6) is 1.39. The van der Waals surface area contributed by atoms with Crippen molar-refractivity contribution in [3.63, 3.8) is 0 Å². The van der Waals surface area contributed by atoms with E-state index in [0.29, 0.717) is 5.88 Å². The van der Waals surface area contributed by atoms with E-state index in [0.717, 1.165) is 40.5 Å². The van der Waals surface area contributed by atoms with Gasteiger partial charge in [-0.05, 0) is 11.1 Å². The van der Waals surface area contributed by atoms with Gasteiger partial charge in [-0.1, -0.05) is 24.3 Å². The van der Waals surface area contributed by atoms with Crippen LogP contribution in [0, 0.1) is 0 Å². The minimum absolute atomic E-state index is 0.531. The van der Waals surface area contributed by atoms with Gasteiger partial charge in [-0.2, -0.15) is 0 Å². The molecule has 2 aromatic rings. The fourth-order valence-electron chi connectivity index (χ4n) is 2.26. The smallest absolute Gasteiger partial charge is 0.157 e. The first-order valence-electron chi connectivity index (χ1n) is 6.43. The van der Waals surface area contributed by atoms with E-state index in [1.165, 1.54) is 0 Å². The van der Waals surface area contributed by atoms with Crippen molar-refractivity contribution in [2.24, 2.45) is 4.99 Å². The van der Waals surface area contributed by atoms with Crippen LogP contribution >= 0.6 is 11.6 Å². The van der Waals surface area contributed by atoms with Crippen molar-refractivity contribution in [1.82, 2.24) is 9.97 Å². The van der Waals surface area contributed by atoms with Gasteiger partial charge in [0.25, 0.3) is 0 Å². The number of fused-ring (bicyclic) bond motifs is 1. The number of aromatic nitrogens is 2. The number of halogens is 1. The first-order valence-corrected chi connectivity index (χ1v) is 6.96. The van der Waals surface area contributed by atoms with Gasteiger partial charge in [-0.3, -0.25) is 0 Å². The fourth-order valence-corrected chi connectivity index (χ4v) is 2.44. The lowest BCUT2D eigenvalue weighted by molar-refractivity contribution is 1.01. The quantitative estimate of drug-likeness (QED) is 0.815. The van der Waals surface area contributed by atoms with Gasteiger partial charge in [0, 0.05) is 26.4 Å². The Kier molecular flexibility index (Phi) is 3.40. The van der Waals surface area contributed by atoms with Crippen LogP contribution in [0.15, 0.2) is 35.6 Å². The zero-order valence-corrected chi connectivity index (χ0v) is 12.2. The topological polar surface area (TPSA) is 41.4 Å². The minimum Gasteiger partial charge on any atom is -0.361 e. The maximum atomic E-state index is 5.81. The first kappa shape index (κ1) is 13.1. The van der Waals surface area contributed by atoms with E-state index in [9.17, 15) is 0 Å². The Morgan fingerprint density at radius 1 is 1.15 bits per heavy atom. The van der Waals surface area contributed by atoms with Gasteiger partial charge in [0.1, 0.15) is 12.0 Å². The number of anilines is 1. The van der Waals surface area contributed by atoms with Crippen molar-refractivity contribution < 1.29 is 0 Å². The summed E-state index contributed by atoms with van der Waals surface area (Å²) in [7, 11) is 3.93. The summed E-state index contributed by atoms with van der Waals surface area (Å²) in [6.45, 7) is 0. The maximum Gasteiger partial charge on any atom is 0.157 e. The zero-order valence-electron chi connectivity index (χ0n) is 11.5. The lowest BCUT2D eigenvalue weighted by Crippen LogP contribution is -2.11. The molecule has 0 fully saturated rings. The molecule has 5 heteroatoms. The largest absolute Gasteiger partial charge is 0.361 e. The predicted octanol–water partition coefficient (Wildman–Crippen LogP) is 2.96. The third-order valence-corrected chi connectivity index (χ3v) is 3.63. The second-order valence-corrected chi connectivity index (χ2v) is 5.22. The summed E-state index contributed by atoms with van der Waals surface area (Å²) in [4.78, 5) is 15.3. The van der Waals surface area contributed by atoms with Gasteiger partial charge >= 0.3 is 0 Å². The highest BCUT2D eigenvalue weighted by molar-refractivity contribution is 6.17. The Balaban J connectivity index is 1.97. The Morgan fingerprint density at radius 3 is 2.55 bits per heavy atom. The number of aliphatic imine (C=N–C) groups is 1. The van der Waals surface area contributed by atoms with Crippen LogP contribution in [0.3, 0.4) is 0 Å². The highest BCUT2D eigenvalue weighted by Crippen LogP contribution is 2.34. The molecule has 0 spiro atoms. The molecular formula is C15H15ClN4. The summed E-state index contributed by atoms with van der Waals surface area (Å²) in [6.07, 6.45) is 2.35. The molecule has 4 nitrogen and oxygen atoms in total. The number of benzene rings is 1. The minimum atomic E-state index is 0.531. The van der Waals surface area contributed by atoms with Crippen LogP contribution in [0.5, 0.6) is 0 Å². The molecule has 0 aliphatic carbocycles. The number of hydrogen-bond acceptors (Lipinski definition) is 4. The van der Waals surface area contributed by atoms with E-state index in [1.807, 2.05) is 31.1 Å². The zero-order chi connectivity index (χ0) is 14.1. The van der Waals surface area contributed by atoms with Crippen molar-refractivity contribution in [1.29, 1.82) is 0 Å². The standard InChI is InChI=1S/C15H15ClN4/c1-20(2)15-14-13(17-9-18-15)7-12(19-14)11-5-3-10(8-16)4-6-11/h3-6,9H,7-8H2,1-2H3. The van der Waals surface area contributed by atoms with Gasteiger partial charge in [0.15, 0.2) is 5.82 Å². The Bertz CT molecular complexity index is 662.